The van der Waals surface area contributed by atoms with Gasteiger partial charge in [0.05, 0.1) is 7.11 Å². The van der Waals surface area contributed by atoms with Crippen LogP contribution in [0.5, 0.6) is 5.75 Å². The second-order valence-corrected chi connectivity index (χ2v) is 7.75. The third-order valence-electron chi connectivity index (χ3n) is 6.09. The third kappa shape index (κ3) is 2.39. The van der Waals surface area contributed by atoms with Crippen molar-refractivity contribution in [1.82, 2.24) is 0 Å². The van der Waals surface area contributed by atoms with Crippen molar-refractivity contribution in [3.05, 3.63) is 29.8 Å². The van der Waals surface area contributed by atoms with Crippen LogP contribution < -0.4 is 4.74 Å². The van der Waals surface area contributed by atoms with Crippen LogP contribution in [-0.2, 0) is 0 Å². The monoisotopic (exact) mass is 284 g/mol. The van der Waals surface area contributed by atoms with Gasteiger partial charge in [0.2, 0.25) is 0 Å². The molecule has 0 amide bonds. The van der Waals surface area contributed by atoms with Gasteiger partial charge in [-0.05, 0) is 73.8 Å². The van der Waals surface area contributed by atoms with Crippen molar-refractivity contribution in [3.8, 4) is 5.75 Å². The van der Waals surface area contributed by atoms with E-state index in [1.165, 1.54) is 38.5 Å². The molecule has 21 heavy (non-hydrogen) atoms. The van der Waals surface area contributed by atoms with Crippen LogP contribution in [0.2, 0.25) is 0 Å². The molecule has 0 heterocycles. The average Bonchev–Trinajstić information content (AvgIpc) is 2.45. The lowest BCUT2D eigenvalue weighted by Crippen LogP contribution is -2.46. The second-order valence-electron chi connectivity index (χ2n) is 7.75. The molecule has 0 saturated heterocycles. The Bertz CT molecular complexity index is 525. The Morgan fingerprint density at radius 2 is 1.76 bits per heavy atom. The SMILES string of the molecule is COc1cccc(C(=O)CC23CC4CC(CC(C4)C2)C3)c1. The predicted molar refractivity (Wildman–Crippen MR) is 82.5 cm³/mol. The third-order valence-corrected chi connectivity index (χ3v) is 6.09. The molecule has 4 aliphatic carbocycles. The Balaban J connectivity index is 1.54. The number of methoxy groups -OCH3 is 1. The smallest absolute Gasteiger partial charge is 0.163 e. The quantitative estimate of drug-likeness (QED) is 0.762. The molecule has 2 nitrogen and oxygen atoms in total. The van der Waals surface area contributed by atoms with Gasteiger partial charge in [0.1, 0.15) is 5.75 Å². The fraction of sp³-hybridized carbons (Fsp3) is 0.632. The van der Waals surface area contributed by atoms with Gasteiger partial charge in [0.15, 0.2) is 5.78 Å². The largest absolute Gasteiger partial charge is 0.497 e. The van der Waals surface area contributed by atoms with Gasteiger partial charge in [-0.1, -0.05) is 12.1 Å². The van der Waals surface area contributed by atoms with Crippen LogP contribution in [0.25, 0.3) is 0 Å². The molecule has 0 aliphatic heterocycles. The van der Waals surface area contributed by atoms with E-state index in [9.17, 15) is 4.79 Å². The Morgan fingerprint density at radius 3 is 2.33 bits per heavy atom. The number of rotatable bonds is 4. The van der Waals surface area contributed by atoms with Crippen molar-refractivity contribution >= 4 is 5.78 Å². The van der Waals surface area contributed by atoms with Crippen molar-refractivity contribution in [3.63, 3.8) is 0 Å². The van der Waals surface area contributed by atoms with E-state index in [4.69, 9.17) is 4.74 Å². The molecule has 4 aliphatic rings. The van der Waals surface area contributed by atoms with Gasteiger partial charge in [0, 0.05) is 12.0 Å². The molecule has 4 bridgehead atoms. The molecule has 5 rings (SSSR count). The van der Waals surface area contributed by atoms with Gasteiger partial charge in [0.25, 0.3) is 0 Å². The molecule has 1 aromatic carbocycles. The van der Waals surface area contributed by atoms with Gasteiger partial charge in [-0.2, -0.15) is 0 Å². The number of Topliss-reactive ketones (excluding diaryl/α,β-unsaturated/α-hetero) is 1. The first-order chi connectivity index (χ1) is 10.2. The summed E-state index contributed by atoms with van der Waals surface area (Å²) in [6.07, 6.45) is 8.97. The molecule has 0 aromatic heterocycles. The fourth-order valence-corrected chi connectivity index (χ4v) is 5.75. The molecule has 0 spiro atoms. The number of carbonyl (C=O) groups is 1. The van der Waals surface area contributed by atoms with E-state index in [-0.39, 0.29) is 0 Å². The lowest BCUT2D eigenvalue weighted by atomic mass is 9.48. The summed E-state index contributed by atoms with van der Waals surface area (Å²) >= 11 is 0. The average molecular weight is 284 g/mol. The summed E-state index contributed by atoms with van der Waals surface area (Å²) < 4.78 is 5.25. The van der Waals surface area contributed by atoms with Crippen molar-refractivity contribution in [2.24, 2.45) is 23.2 Å². The Kier molecular flexibility index (Phi) is 3.09. The van der Waals surface area contributed by atoms with Crippen molar-refractivity contribution in [2.75, 3.05) is 7.11 Å². The number of hydrogen-bond acceptors (Lipinski definition) is 2. The highest BCUT2D eigenvalue weighted by Crippen LogP contribution is 2.61. The summed E-state index contributed by atoms with van der Waals surface area (Å²) in [6.45, 7) is 0. The van der Waals surface area contributed by atoms with E-state index in [1.807, 2.05) is 24.3 Å². The number of ketones is 1. The molecule has 2 heteroatoms. The first-order valence-electron chi connectivity index (χ1n) is 8.33. The van der Waals surface area contributed by atoms with Crippen LogP contribution in [0, 0.1) is 23.2 Å². The summed E-state index contributed by atoms with van der Waals surface area (Å²) in [5, 5.41) is 0. The summed E-state index contributed by atoms with van der Waals surface area (Å²) in [4.78, 5) is 12.7. The van der Waals surface area contributed by atoms with E-state index in [0.717, 1.165) is 35.5 Å². The lowest BCUT2D eigenvalue weighted by molar-refractivity contribution is -0.0524. The molecular weight excluding hydrogens is 260 g/mol. The van der Waals surface area contributed by atoms with Gasteiger partial charge in [-0.15, -0.1) is 0 Å². The molecule has 0 unspecified atom stereocenters. The predicted octanol–water partition coefficient (Wildman–Crippen LogP) is 4.48. The zero-order chi connectivity index (χ0) is 14.4. The normalized spacial score (nSPS) is 36.7. The number of benzene rings is 1. The van der Waals surface area contributed by atoms with Gasteiger partial charge < -0.3 is 4.74 Å². The summed E-state index contributed by atoms with van der Waals surface area (Å²) in [5.74, 6) is 3.83. The first kappa shape index (κ1) is 13.4. The molecular formula is C19H24O2. The molecule has 0 atom stereocenters. The van der Waals surface area contributed by atoms with Crippen molar-refractivity contribution in [1.29, 1.82) is 0 Å². The first-order valence-corrected chi connectivity index (χ1v) is 8.33. The van der Waals surface area contributed by atoms with E-state index in [1.54, 1.807) is 7.11 Å². The Hall–Kier alpha value is -1.31. The lowest BCUT2D eigenvalue weighted by Gasteiger charge is -2.56. The molecule has 112 valence electrons. The highest BCUT2D eigenvalue weighted by Gasteiger charge is 2.51. The van der Waals surface area contributed by atoms with Gasteiger partial charge >= 0.3 is 0 Å². The minimum absolute atomic E-state index is 0.316. The Labute approximate surface area is 126 Å². The second kappa shape index (κ2) is 4.86. The van der Waals surface area contributed by atoms with E-state index in [2.05, 4.69) is 0 Å². The summed E-state index contributed by atoms with van der Waals surface area (Å²) in [6, 6.07) is 7.65. The minimum Gasteiger partial charge on any atom is -0.497 e. The maximum atomic E-state index is 12.7. The van der Waals surface area contributed by atoms with E-state index in [0.29, 0.717) is 11.2 Å². The van der Waals surface area contributed by atoms with Crippen molar-refractivity contribution in [2.45, 2.75) is 44.9 Å². The topological polar surface area (TPSA) is 26.3 Å². The van der Waals surface area contributed by atoms with Crippen LogP contribution in [0.1, 0.15) is 55.3 Å². The highest BCUT2D eigenvalue weighted by molar-refractivity contribution is 5.96. The Morgan fingerprint density at radius 1 is 1.14 bits per heavy atom. The highest BCUT2D eigenvalue weighted by atomic mass is 16.5. The molecule has 4 saturated carbocycles. The van der Waals surface area contributed by atoms with Gasteiger partial charge in [-0.3, -0.25) is 4.79 Å². The summed E-state index contributed by atoms with van der Waals surface area (Å²) in [5.41, 5.74) is 1.15. The fourth-order valence-electron chi connectivity index (χ4n) is 5.75. The minimum atomic E-state index is 0.316. The molecule has 4 fully saturated rings. The maximum absolute atomic E-state index is 12.7. The molecule has 0 N–H and O–H groups in total. The van der Waals surface area contributed by atoms with Crippen LogP contribution in [-0.4, -0.2) is 12.9 Å². The summed E-state index contributed by atoms with van der Waals surface area (Å²) in [7, 11) is 1.66. The van der Waals surface area contributed by atoms with E-state index >= 15 is 0 Å². The maximum Gasteiger partial charge on any atom is 0.163 e. The molecule has 0 radical (unpaired) electrons. The zero-order valence-corrected chi connectivity index (χ0v) is 12.8. The van der Waals surface area contributed by atoms with Crippen LogP contribution in [0.15, 0.2) is 24.3 Å². The number of ether oxygens (including phenoxy) is 1. The zero-order valence-electron chi connectivity index (χ0n) is 12.8. The van der Waals surface area contributed by atoms with E-state index < -0.39 is 0 Å². The van der Waals surface area contributed by atoms with Crippen LogP contribution in [0.3, 0.4) is 0 Å². The van der Waals surface area contributed by atoms with Crippen molar-refractivity contribution < 1.29 is 9.53 Å². The van der Waals surface area contributed by atoms with Gasteiger partial charge in [-0.25, -0.2) is 0 Å². The standard InChI is InChI=1S/C19H24O2/c1-21-17-4-2-3-16(8-17)18(20)12-19-9-13-5-14(10-19)7-15(6-13)11-19/h2-4,8,13-15H,5-7,9-12H2,1H3. The van der Waals surface area contributed by atoms with Crippen LogP contribution >= 0.6 is 0 Å². The number of hydrogen-bond donors (Lipinski definition) is 0. The number of carbonyl (C=O) groups excluding carboxylic acids is 1. The van der Waals surface area contributed by atoms with Crippen LogP contribution in [0.4, 0.5) is 0 Å². The molecule has 1 aromatic rings.